The smallest absolute Gasteiger partial charge is 0.0728 e. The van der Waals surface area contributed by atoms with E-state index >= 15 is 0 Å². The van der Waals surface area contributed by atoms with Crippen molar-refractivity contribution in [2.75, 3.05) is 0 Å². The van der Waals surface area contributed by atoms with E-state index in [1.54, 1.807) is 11.8 Å². The predicted molar refractivity (Wildman–Crippen MR) is 54.3 cm³/mol. The molecule has 62 valence electrons. The van der Waals surface area contributed by atoms with Gasteiger partial charge in [0.1, 0.15) is 0 Å². The third-order valence-corrected chi connectivity index (χ3v) is 2.85. The fourth-order valence-electron chi connectivity index (χ4n) is 1.08. The summed E-state index contributed by atoms with van der Waals surface area (Å²) in [6.45, 7) is 4.32. The summed E-state index contributed by atoms with van der Waals surface area (Å²) in [6.07, 6.45) is 2.87. The first-order chi connectivity index (χ1) is 5.03. The first-order valence-electron chi connectivity index (χ1n) is 3.44. The van der Waals surface area contributed by atoms with E-state index in [0.29, 0.717) is 0 Å². The Balaban J connectivity index is 2.78. The maximum Gasteiger partial charge on any atom is 0.0728 e. The molecule has 2 nitrogen and oxygen atoms in total. The van der Waals surface area contributed by atoms with Gasteiger partial charge in [0.25, 0.3) is 0 Å². The van der Waals surface area contributed by atoms with Crippen LogP contribution < -0.4 is 11.3 Å². The van der Waals surface area contributed by atoms with Crippen LogP contribution in [0.5, 0.6) is 0 Å². The third-order valence-electron chi connectivity index (χ3n) is 1.47. The van der Waals surface area contributed by atoms with Crippen LogP contribution in [0.1, 0.15) is 20.3 Å². The summed E-state index contributed by atoms with van der Waals surface area (Å²) in [5.74, 6) is 5.30. The fraction of sp³-hybridized carbons (Fsp3) is 0.571. The fourth-order valence-corrected chi connectivity index (χ4v) is 2.88. The lowest BCUT2D eigenvalue weighted by Crippen LogP contribution is -2.31. The van der Waals surface area contributed by atoms with Crippen LogP contribution in [0.4, 0.5) is 0 Å². The Morgan fingerprint density at radius 2 is 2.36 bits per heavy atom. The van der Waals surface area contributed by atoms with Crippen LogP contribution in [0.3, 0.4) is 0 Å². The third kappa shape index (κ3) is 2.47. The average molecular weight is 188 g/mol. The molecule has 1 aliphatic rings. The van der Waals surface area contributed by atoms with E-state index in [-0.39, 0.29) is 4.75 Å². The van der Waals surface area contributed by atoms with Gasteiger partial charge in [-0.15, -0.1) is 11.8 Å². The van der Waals surface area contributed by atoms with E-state index in [9.17, 15) is 0 Å². The number of thioether (sulfide) groups is 1. The van der Waals surface area contributed by atoms with Crippen molar-refractivity contribution in [1.29, 1.82) is 0 Å². The Hall–Kier alpha value is -0.0600. The van der Waals surface area contributed by atoms with Gasteiger partial charge in [0.05, 0.1) is 4.20 Å². The van der Waals surface area contributed by atoms with E-state index < -0.39 is 0 Å². The molecular formula is C7H12N2S2. The normalized spacial score (nSPS) is 22.8. The molecule has 1 rings (SSSR count). The summed E-state index contributed by atoms with van der Waals surface area (Å²) >= 11 is 6.81. The second kappa shape index (κ2) is 3.13. The highest BCUT2D eigenvalue weighted by molar-refractivity contribution is 8.24. The summed E-state index contributed by atoms with van der Waals surface area (Å²) in [6, 6.07) is 0. The second-order valence-electron chi connectivity index (χ2n) is 3.17. The van der Waals surface area contributed by atoms with Gasteiger partial charge < -0.3 is 5.43 Å². The van der Waals surface area contributed by atoms with Gasteiger partial charge in [0.2, 0.25) is 0 Å². The van der Waals surface area contributed by atoms with E-state index in [2.05, 4.69) is 19.3 Å². The van der Waals surface area contributed by atoms with E-state index in [1.807, 2.05) is 6.08 Å². The number of hydrazine groups is 1. The van der Waals surface area contributed by atoms with Crippen LogP contribution in [-0.4, -0.2) is 8.94 Å². The quantitative estimate of drug-likeness (QED) is 0.372. The van der Waals surface area contributed by atoms with E-state index in [1.165, 1.54) is 0 Å². The standard InChI is InChI=1S/C7H12N2S2/c1-7(2)4-5(9-8)3-6(10)11-7/h3,9H,4,8H2,1-2H3. The van der Waals surface area contributed by atoms with Crippen LogP contribution in [0.25, 0.3) is 0 Å². The van der Waals surface area contributed by atoms with Crippen molar-refractivity contribution in [2.45, 2.75) is 25.0 Å². The minimum atomic E-state index is 0.188. The van der Waals surface area contributed by atoms with Crippen molar-refractivity contribution in [3.8, 4) is 0 Å². The molecule has 0 amide bonds. The Bertz CT molecular complexity index is 208. The Morgan fingerprint density at radius 1 is 1.73 bits per heavy atom. The number of rotatable bonds is 1. The maximum atomic E-state index is 5.30. The molecule has 0 spiro atoms. The molecule has 0 saturated heterocycles. The summed E-state index contributed by atoms with van der Waals surface area (Å²) in [4.78, 5) is 0. The molecule has 0 aromatic rings. The summed E-state index contributed by atoms with van der Waals surface area (Å²) in [5, 5.41) is 0. The van der Waals surface area contributed by atoms with Crippen molar-refractivity contribution in [3.63, 3.8) is 0 Å². The monoisotopic (exact) mass is 188 g/mol. The molecule has 0 saturated carbocycles. The highest BCUT2D eigenvalue weighted by atomic mass is 32.2. The molecule has 1 heterocycles. The number of nitrogens with two attached hydrogens (primary N) is 1. The highest BCUT2D eigenvalue weighted by Gasteiger charge is 2.25. The van der Waals surface area contributed by atoms with Gasteiger partial charge in [-0.2, -0.15) is 0 Å². The van der Waals surface area contributed by atoms with Gasteiger partial charge >= 0.3 is 0 Å². The Labute approximate surface area is 76.6 Å². The number of nitrogens with one attached hydrogen (secondary N) is 1. The molecule has 11 heavy (non-hydrogen) atoms. The first kappa shape index (κ1) is 9.03. The number of hydrogen-bond acceptors (Lipinski definition) is 4. The van der Waals surface area contributed by atoms with Crippen LogP contribution in [-0.2, 0) is 0 Å². The van der Waals surface area contributed by atoms with Crippen molar-refractivity contribution < 1.29 is 0 Å². The SMILES string of the molecule is CC1(C)CC(NN)=CC(=S)S1. The van der Waals surface area contributed by atoms with Crippen LogP contribution in [0.2, 0.25) is 0 Å². The van der Waals surface area contributed by atoms with Crippen molar-refractivity contribution in [3.05, 3.63) is 11.8 Å². The van der Waals surface area contributed by atoms with Gasteiger partial charge in [-0.25, -0.2) is 0 Å². The topological polar surface area (TPSA) is 38.0 Å². The zero-order chi connectivity index (χ0) is 8.48. The van der Waals surface area contributed by atoms with Crippen LogP contribution in [0, 0.1) is 0 Å². The average Bonchev–Trinajstić information content (AvgIpc) is 1.83. The molecule has 0 radical (unpaired) electrons. The molecule has 0 bridgehead atoms. The molecule has 0 atom stereocenters. The second-order valence-corrected chi connectivity index (χ2v) is 5.62. The van der Waals surface area contributed by atoms with Crippen molar-refractivity contribution in [2.24, 2.45) is 5.84 Å². The predicted octanol–water partition coefficient (Wildman–Crippen LogP) is 1.58. The Kier molecular flexibility index (Phi) is 2.57. The zero-order valence-corrected chi connectivity index (χ0v) is 8.31. The molecule has 0 fully saturated rings. The zero-order valence-electron chi connectivity index (χ0n) is 6.68. The van der Waals surface area contributed by atoms with Gasteiger partial charge in [-0.05, 0) is 19.9 Å². The molecule has 0 aromatic heterocycles. The van der Waals surface area contributed by atoms with E-state index in [0.717, 1.165) is 16.3 Å². The summed E-state index contributed by atoms with van der Waals surface area (Å²) in [5.41, 5.74) is 3.68. The van der Waals surface area contributed by atoms with Crippen molar-refractivity contribution in [1.82, 2.24) is 5.43 Å². The molecule has 3 N–H and O–H groups in total. The van der Waals surface area contributed by atoms with Gasteiger partial charge in [-0.1, -0.05) is 12.2 Å². The van der Waals surface area contributed by atoms with Crippen LogP contribution >= 0.6 is 24.0 Å². The number of hydrogen-bond donors (Lipinski definition) is 2. The number of allylic oxidation sites excluding steroid dienone is 1. The summed E-state index contributed by atoms with van der Waals surface area (Å²) < 4.78 is 1.10. The van der Waals surface area contributed by atoms with Gasteiger partial charge in [0, 0.05) is 16.9 Å². The molecular weight excluding hydrogens is 176 g/mol. The molecule has 0 aliphatic carbocycles. The lowest BCUT2D eigenvalue weighted by molar-refractivity contribution is 0.657. The lowest BCUT2D eigenvalue weighted by atomic mass is 10.1. The minimum absolute atomic E-state index is 0.188. The number of thiocarbonyl (C=S) groups is 1. The highest BCUT2D eigenvalue weighted by Crippen LogP contribution is 2.35. The first-order valence-corrected chi connectivity index (χ1v) is 4.66. The molecule has 0 unspecified atom stereocenters. The molecule has 0 aromatic carbocycles. The summed E-state index contributed by atoms with van der Waals surface area (Å²) in [7, 11) is 0. The van der Waals surface area contributed by atoms with Gasteiger partial charge in [-0.3, -0.25) is 5.84 Å². The Morgan fingerprint density at radius 3 is 2.82 bits per heavy atom. The lowest BCUT2D eigenvalue weighted by Gasteiger charge is -2.28. The van der Waals surface area contributed by atoms with Gasteiger partial charge in [0.15, 0.2) is 0 Å². The molecule has 4 heteroatoms. The molecule has 1 aliphatic heterocycles. The minimum Gasteiger partial charge on any atom is -0.328 e. The largest absolute Gasteiger partial charge is 0.328 e. The van der Waals surface area contributed by atoms with Crippen LogP contribution in [0.15, 0.2) is 11.8 Å². The maximum absolute atomic E-state index is 5.30. The van der Waals surface area contributed by atoms with E-state index in [4.69, 9.17) is 18.1 Å². The van der Waals surface area contributed by atoms with Crippen molar-refractivity contribution >= 4 is 28.2 Å².